The van der Waals surface area contributed by atoms with Crippen molar-refractivity contribution in [2.75, 3.05) is 18.8 Å². The molecule has 0 atom stereocenters. The second kappa shape index (κ2) is 9.11. The number of rotatable bonds is 5. The Hall–Kier alpha value is -2.16. The number of aryl methyl sites for hydroxylation is 1. The van der Waals surface area contributed by atoms with E-state index in [1.807, 2.05) is 4.90 Å². The van der Waals surface area contributed by atoms with Crippen LogP contribution in [0, 0.1) is 5.92 Å². The number of carbonyl (C=O) groups excluding carboxylic acids is 1. The minimum atomic E-state index is -0.427. The maximum atomic E-state index is 12.8. The summed E-state index contributed by atoms with van der Waals surface area (Å²) in [5.41, 5.74) is -0.523. The molecule has 9 heteroatoms. The lowest BCUT2D eigenvalue weighted by molar-refractivity contribution is -0.128. The Morgan fingerprint density at radius 3 is 2.31 bits per heavy atom. The quantitative estimate of drug-likeness (QED) is 0.541. The molecule has 2 aromatic heterocycles. The van der Waals surface area contributed by atoms with Crippen LogP contribution in [0.1, 0.15) is 45.4 Å². The smallest absolute Gasteiger partial charge is 0.332 e. The molecule has 1 fully saturated rings. The first-order valence-electron chi connectivity index (χ1n) is 10.2. The Kier molecular flexibility index (Phi) is 6.77. The molecule has 0 unspecified atom stereocenters. The monoisotopic (exact) mass is 419 g/mol. The fourth-order valence-electron chi connectivity index (χ4n) is 3.57. The maximum Gasteiger partial charge on any atom is 0.332 e. The molecular weight excluding hydrogens is 390 g/mol. The molecule has 1 amide bonds. The second-order valence-electron chi connectivity index (χ2n) is 8.03. The number of amides is 1. The van der Waals surface area contributed by atoms with Crippen LogP contribution in [0.25, 0.3) is 11.0 Å². The SMILES string of the molecule is CC(C)Cc1nc(SCC(=O)N2CCCCCC2)c2c(=O)n(C)c(=O)n(C)c2n1. The van der Waals surface area contributed by atoms with Crippen LogP contribution in [0.3, 0.4) is 0 Å². The topological polar surface area (TPSA) is 90.1 Å². The zero-order valence-electron chi connectivity index (χ0n) is 17.6. The Bertz CT molecular complexity index is 1020. The van der Waals surface area contributed by atoms with Gasteiger partial charge in [0.15, 0.2) is 5.65 Å². The molecule has 3 rings (SSSR count). The molecule has 1 saturated heterocycles. The summed E-state index contributed by atoms with van der Waals surface area (Å²) >= 11 is 1.27. The molecule has 3 heterocycles. The van der Waals surface area contributed by atoms with Crippen molar-refractivity contribution in [1.29, 1.82) is 0 Å². The summed E-state index contributed by atoms with van der Waals surface area (Å²) in [4.78, 5) is 48.9. The summed E-state index contributed by atoms with van der Waals surface area (Å²) in [5, 5.41) is 0.779. The van der Waals surface area contributed by atoms with Gasteiger partial charge in [-0.15, -0.1) is 0 Å². The van der Waals surface area contributed by atoms with Gasteiger partial charge in [0.1, 0.15) is 16.2 Å². The summed E-state index contributed by atoms with van der Waals surface area (Å²) in [6.45, 7) is 5.70. The van der Waals surface area contributed by atoms with Crippen molar-refractivity contribution in [3.8, 4) is 0 Å². The van der Waals surface area contributed by atoms with E-state index in [1.54, 1.807) is 7.05 Å². The van der Waals surface area contributed by atoms with Crippen molar-refractivity contribution in [3.63, 3.8) is 0 Å². The van der Waals surface area contributed by atoms with Crippen LogP contribution in [0.4, 0.5) is 0 Å². The van der Waals surface area contributed by atoms with Crippen molar-refractivity contribution in [3.05, 3.63) is 26.7 Å². The number of nitrogens with zero attached hydrogens (tertiary/aromatic N) is 5. The summed E-state index contributed by atoms with van der Waals surface area (Å²) in [6.07, 6.45) is 5.03. The van der Waals surface area contributed by atoms with E-state index in [0.29, 0.717) is 34.2 Å². The molecule has 2 aromatic rings. The lowest BCUT2D eigenvalue weighted by Gasteiger charge is -2.20. The molecule has 0 aromatic carbocycles. The van der Waals surface area contributed by atoms with Gasteiger partial charge < -0.3 is 4.90 Å². The summed E-state index contributed by atoms with van der Waals surface area (Å²) in [5.74, 6) is 1.20. The molecule has 0 N–H and O–H groups in total. The van der Waals surface area contributed by atoms with E-state index in [1.165, 1.54) is 23.4 Å². The first-order chi connectivity index (χ1) is 13.8. The van der Waals surface area contributed by atoms with Gasteiger partial charge >= 0.3 is 5.69 Å². The van der Waals surface area contributed by atoms with E-state index in [9.17, 15) is 14.4 Å². The zero-order valence-corrected chi connectivity index (χ0v) is 18.4. The number of hydrogen-bond donors (Lipinski definition) is 0. The van der Waals surface area contributed by atoms with E-state index < -0.39 is 11.2 Å². The van der Waals surface area contributed by atoms with Gasteiger partial charge in [0, 0.05) is 33.6 Å². The van der Waals surface area contributed by atoms with Crippen LogP contribution >= 0.6 is 11.8 Å². The molecule has 0 aliphatic carbocycles. The van der Waals surface area contributed by atoms with Gasteiger partial charge in [-0.1, -0.05) is 38.5 Å². The first kappa shape index (κ1) is 21.5. The lowest BCUT2D eigenvalue weighted by atomic mass is 10.1. The average molecular weight is 420 g/mol. The fourth-order valence-corrected chi connectivity index (χ4v) is 4.51. The number of likely N-dealkylation sites (tertiary alicyclic amines) is 1. The van der Waals surface area contributed by atoms with Gasteiger partial charge in [-0.2, -0.15) is 0 Å². The largest absolute Gasteiger partial charge is 0.342 e. The number of fused-ring (bicyclic) bond motifs is 1. The minimum Gasteiger partial charge on any atom is -0.342 e. The zero-order chi connectivity index (χ0) is 21.1. The van der Waals surface area contributed by atoms with Crippen molar-refractivity contribution >= 4 is 28.7 Å². The van der Waals surface area contributed by atoms with Gasteiger partial charge in [-0.3, -0.25) is 18.7 Å². The third kappa shape index (κ3) is 4.71. The predicted octanol–water partition coefficient (Wildman–Crippen LogP) is 1.72. The molecule has 158 valence electrons. The highest BCUT2D eigenvalue weighted by Crippen LogP contribution is 2.24. The van der Waals surface area contributed by atoms with E-state index in [2.05, 4.69) is 23.8 Å². The Morgan fingerprint density at radius 2 is 1.69 bits per heavy atom. The molecule has 1 aliphatic rings. The van der Waals surface area contributed by atoms with Crippen molar-refractivity contribution in [2.24, 2.45) is 20.0 Å². The fraction of sp³-hybridized carbons (Fsp3) is 0.650. The third-order valence-electron chi connectivity index (χ3n) is 5.20. The van der Waals surface area contributed by atoms with E-state index in [4.69, 9.17) is 0 Å². The normalized spacial score (nSPS) is 15.1. The highest BCUT2D eigenvalue weighted by Gasteiger charge is 2.21. The van der Waals surface area contributed by atoms with Crippen molar-refractivity contribution < 1.29 is 4.79 Å². The van der Waals surface area contributed by atoms with E-state index in [-0.39, 0.29) is 11.7 Å². The van der Waals surface area contributed by atoms with Crippen LogP contribution in [-0.2, 0) is 25.3 Å². The highest BCUT2D eigenvalue weighted by atomic mass is 32.2. The van der Waals surface area contributed by atoms with Gasteiger partial charge in [0.05, 0.1) is 5.75 Å². The van der Waals surface area contributed by atoms with Crippen LogP contribution in [0.2, 0.25) is 0 Å². The number of thioether (sulfide) groups is 1. The summed E-state index contributed by atoms with van der Waals surface area (Å²) in [7, 11) is 3.05. The van der Waals surface area contributed by atoms with Crippen LogP contribution < -0.4 is 11.2 Å². The molecule has 0 radical (unpaired) electrons. The Balaban J connectivity index is 1.99. The first-order valence-corrected chi connectivity index (χ1v) is 11.2. The lowest BCUT2D eigenvalue weighted by Crippen LogP contribution is -2.38. The standard InChI is InChI=1S/C20H29N5O3S/c1-13(2)11-14-21-17-16(19(27)24(4)20(28)23(17)3)18(22-14)29-12-15(26)25-9-7-5-6-8-10-25/h13H,5-12H2,1-4H3. The van der Waals surface area contributed by atoms with Gasteiger partial charge in [-0.05, 0) is 18.8 Å². The van der Waals surface area contributed by atoms with E-state index in [0.717, 1.165) is 43.3 Å². The van der Waals surface area contributed by atoms with Gasteiger partial charge in [0.25, 0.3) is 5.56 Å². The second-order valence-corrected chi connectivity index (χ2v) is 9.00. The predicted molar refractivity (Wildman–Crippen MR) is 114 cm³/mol. The van der Waals surface area contributed by atoms with Crippen molar-refractivity contribution in [1.82, 2.24) is 24.0 Å². The van der Waals surface area contributed by atoms with Crippen LogP contribution in [0.15, 0.2) is 14.6 Å². The third-order valence-corrected chi connectivity index (χ3v) is 6.16. The van der Waals surface area contributed by atoms with Gasteiger partial charge in [-0.25, -0.2) is 14.8 Å². The molecule has 29 heavy (non-hydrogen) atoms. The average Bonchev–Trinajstić information content (AvgIpc) is 2.97. The molecule has 1 aliphatic heterocycles. The molecule has 0 spiro atoms. The number of hydrogen-bond acceptors (Lipinski definition) is 6. The molecule has 0 bridgehead atoms. The Morgan fingerprint density at radius 1 is 1.03 bits per heavy atom. The van der Waals surface area contributed by atoms with Crippen molar-refractivity contribution in [2.45, 2.75) is 51.0 Å². The molecule has 8 nitrogen and oxygen atoms in total. The number of aromatic nitrogens is 4. The number of carbonyl (C=O) groups is 1. The highest BCUT2D eigenvalue weighted by molar-refractivity contribution is 8.00. The summed E-state index contributed by atoms with van der Waals surface area (Å²) in [6, 6.07) is 0. The minimum absolute atomic E-state index is 0.0655. The van der Waals surface area contributed by atoms with Gasteiger partial charge in [0.2, 0.25) is 5.91 Å². The maximum absolute atomic E-state index is 12.8. The molecule has 0 saturated carbocycles. The molecular formula is C20H29N5O3S. The summed E-state index contributed by atoms with van der Waals surface area (Å²) < 4.78 is 2.44. The van der Waals surface area contributed by atoms with E-state index >= 15 is 0 Å². The van der Waals surface area contributed by atoms with Crippen LogP contribution in [0.5, 0.6) is 0 Å². The van der Waals surface area contributed by atoms with Crippen LogP contribution in [-0.4, -0.2) is 48.8 Å². The Labute approximate surface area is 174 Å².